The Morgan fingerprint density at radius 3 is 2.00 bits per heavy atom. The normalized spacial score (nSPS) is 38.7. The number of hydrogen-bond acceptors (Lipinski definition) is 18. The van der Waals surface area contributed by atoms with Crippen molar-refractivity contribution in [1.29, 1.82) is 0 Å². The van der Waals surface area contributed by atoms with E-state index in [2.05, 4.69) is 29.4 Å². The van der Waals surface area contributed by atoms with Crippen LogP contribution in [0, 0.1) is 47.3 Å². The Bertz CT molecular complexity index is 1910. The Balaban J connectivity index is 2.41. The van der Waals surface area contributed by atoms with Crippen LogP contribution in [0.4, 0.5) is 0 Å². The van der Waals surface area contributed by atoms with Gasteiger partial charge in [-0.1, -0.05) is 91.3 Å². The molecule has 0 aromatic rings. The van der Waals surface area contributed by atoms with Gasteiger partial charge in [0.1, 0.15) is 24.7 Å². The zero-order valence-electron chi connectivity index (χ0n) is 49.2. The number of nitrogens with zero attached hydrogens (tertiary/aromatic N) is 1. The van der Waals surface area contributed by atoms with E-state index in [1.807, 2.05) is 19.9 Å². The average Bonchev–Trinajstić information content (AvgIpc) is 3.38. The Kier molecular flexibility index (Phi) is 33.4. The quantitative estimate of drug-likeness (QED) is 0.0295. The van der Waals surface area contributed by atoms with E-state index < -0.39 is 145 Å². The lowest BCUT2D eigenvalue weighted by Crippen LogP contribution is -2.60. The second-order valence-electron chi connectivity index (χ2n) is 23.8. The number of hydrogen-bond donors (Lipinski definition) is 14. The van der Waals surface area contributed by atoms with Gasteiger partial charge >= 0.3 is 17.9 Å². The third-order valence-corrected chi connectivity index (χ3v) is 16.6. The second kappa shape index (κ2) is 36.9. The second-order valence-corrected chi connectivity index (χ2v) is 23.8. The molecule has 21 nitrogen and oxygen atoms in total. The Hall–Kier alpha value is -3.58. The molecule has 464 valence electrons. The molecule has 0 saturated carbocycles. The third kappa shape index (κ3) is 26.3. The molecule has 0 aromatic carbocycles. The number of aliphatic imine (C=N–C) groups is 1. The SMILES string of the molecule is CN=C(N)NCCC/C=C/CCCC(C)CC(C)C1OC(=O)C(C)C(O)CCC(C)C(O)CC(O)C(C)C(O)CCC(C)C(O)CC2(O)OC(CC(OC(=O)CC(=O)O)CC(O)CC(O)C(C)C(O)/C=C/C=C/C1C)CC(O)C2O. The summed E-state index contributed by atoms with van der Waals surface area (Å²) in [5.74, 6) is -9.01. The highest BCUT2D eigenvalue weighted by Crippen LogP contribution is 2.37. The number of fused-ring (bicyclic) bond motifs is 2. The number of aliphatic hydroxyl groups excluding tert-OH is 10. The number of guanidine groups is 1. The molecular weight excluding hydrogens is 1040 g/mol. The zero-order chi connectivity index (χ0) is 60.4. The fourth-order valence-corrected chi connectivity index (χ4v) is 10.7. The Labute approximate surface area is 475 Å². The number of allylic oxidation sites excluding steroid dienone is 4. The molecule has 0 aliphatic carbocycles. The number of cyclic esters (lactones) is 1. The van der Waals surface area contributed by atoms with Crippen LogP contribution >= 0.6 is 0 Å². The number of esters is 2. The number of unbranched alkanes of at least 4 members (excludes halogenated alkanes) is 2. The van der Waals surface area contributed by atoms with Gasteiger partial charge in [0.05, 0.1) is 67.0 Å². The van der Waals surface area contributed by atoms with Gasteiger partial charge in [-0.2, -0.15) is 0 Å². The highest BCUT2D eigenvalue weighted by molar-refractivity contribution is 5.90. The van der Waals surface area contributed by atoms with Crippen LogP contribution in [-0.2, 0) is 28.6 Å². The summed E-state index contributed by atoms with van der Waals surface area (Å²) >= 11 is 0. The zero-order valence-corrected chi connectivity index (χ0v) is 49.2. The first-order chi connectivity index (χ1) is 37.5. The molecule has 15 N–H and O–H groups in total. The number of carbonyl (C=O) groups is 3. The maximum absolute atomic E-state index is 13.9. The summed E-state index contributed by atoms with van der Waals surface area (Å²) in [7, 11) is 1.63. The molecule has 0 amide bonds. The summed E-state index contributed by atoms with van der Waals surface area (Å²) in [6.07, 6.45) is -2.09. The first-order valence-electron chi connectivity index (χ1n) is 29.3. The van der Waals surface area contributed by atoms with E-state index in [1.54, 1.807) is 53.8 Å². The Morgan fingerprint density at radius 2 is 1.36 bits per heavy atom. The molecule has 2 rings (SSSR count). The predicted octanol–water partition coefficient (Wildman–Crippen LogP) is 3.53. The topological polar surface area (TPSA) is 372 Å². The number of ether oxygens (including phenoxy) is 3. The molecular formula is C59H105N3O18. The molecule has 0 aromatic heterocycles. The maximum Gasteiger partial charge on any atom is 0.317 e. The number of aliphatic hydroxyl groups is 11. The molecule has 80 heavy (non-hydrogen) atoms. The first kappa shape index (κ1) is 72.5. The van der Waals surface area contributed by atoms with Crippen molar-refractivity contribution in [2.45, 2.75) is 250 Å². The van der Waals surface area contributed by atoms with Crippen LogP contribution in [0.1, 0.15) is 165 Å². The van der Waals surface area contributed by atoms with Crippen LogP contribution in [0.15, 0.2) is 41.4 Å². The fraction of sp³-hybridized carbons (Fsp3) is 0.831. The smallest absolute Gasteiger partial charge is 0.317 e. The van der Waals surface area contributed by atoms with Crippen molar-refractivity contribution < 1.29 is 89.9 Å². The summed E-state index contributed by atoms with van der Waals surface area (Å²) in [6.45, 7) is 15.0. The largest absolute Gasteiger partial charge is 0.481 e. The summed E-state index contributed by atoms with van der Waals surface area (Å²) in [6, 6.07) is 0. The van der Waals surface area contributed by atoms with Crippen LogP contribution < -0.4 is 11.1 Å². The predicted molar refractivity (Wildman–Crippen MR) is 302 cm³/mol. The van der Waals surface area contributed by atoms with Crippen molar-refractivity contribution in [3.63, 3.8) is 0 Å². The van der Waals surface area contributed by atoms with Crippen LogP contribution in [0.25, 0.3) is 0 Å². The van der Waals surface area contributed by atoms with E-state index in [-0.39, 0.29) is 63.2 Å². The molecule has 1 saturated heterocycles. The van der Waals surface area contributed by atoms with Crippen LogP contribution in [-0.4, -0.2) is 184 Å². The Morgan fingerprint density at radius 1 is 0.762 bits per heavy atom. The standard InChI is InChI=1S/C59H105N3O18/c1-34(18-14-12-10-11-13-17-25-62-58(60)61-9)26-38(5)55-37(4)19-15-16-20-45(64)39(6)49(68)28-42(63)27-43(78-54(74)32-53(72)73)29-44-30-51(70)56(75)59(77,80-44)33-52(71)36(3)22-23-46(65)40(7)50(69)31-48(67)35(2)21-24-47(66)41(8)57(76)79-55/h10-11,15-16,19-20,34-52,55-56,63-71,75,77H,12-14,17-18,21-33H2,1-9H3,(H,72,73)(H3,60,61,62)/b11-10+,19-15+,20-16+. The number of carboxylic acid groups (broad SMARTS) is 1. The molecule has 2 aliphatic heterocycles. The summed E-state index contributed by atoms with van der Waals surface area (Å²) in [4.78, 5) is 41.8. The van der Waals surface area contributed by atoms with Gasteiger partial charge in [-0.3, -0.25) is 19.4 Å². The number of nitrogens with one attached hydrogen (secondary N) is 1. The number of rotatable bonds is 14. The van der Waals surface area contributed by atoms with E-state index >= 15 is 0 Å². The van der Waals surface area contributed by atoms with Gasteiger partial charge < -0.3 is 86.5 Å². The van der Waals surface area contributed by atoms with Crippen LogP contribution in [0.2, 0.25) is 0 Å². The van der Waals surface area contributed by atoms with Gasteiger partial charge in [0.15, 0.2) is 11.7 Å². The van der Waals surface area contributed by atoms with E-state index in [9.17, 15) is 75.7 Å². The van der Waals surface area contributed by atoms with Gasteiger partial charge in [0.2, 0.25) is 0 Å². The van der Waals surface area contributed by atoms with Gasteiger partial charge in [0, 0.05) is 57.0 Å². The number of carboxylic acids is 1. The molecule has 1 fully saturated rings. The van der Waals surface area contributed by atoms with Gasteiger partial charge in [0.25, 0.3) is 0 Å². The highest BCUT2D eigenvalue weighted by Gasteiger charge is 2.50. The lowest BCUT2D eigenvalue weighted by Gasteiger charge is -2.45. The van der Waals surface area contributed by atoms with Crippen molar-refractivity contribution in [3.8, 4) is 0 Å². The first-order valence-corrected chi connectivity index (χ1v) is 29.3. The molecule has 0 spiro atoms. The summed E-state index contributed by atoms with van der Waals surface area (Å²) < 4.78 is 17.6. The van der Waals surface area contributed by atoms with E-state index in [1.165, 1.54) is 6.08 Å². The van der Waals surface area contributed by atoms with Crippen molar-refractivity contribution in [1.82, 2.24) is 5.32 Å². The van der Waals surface area contributed by atoms with Gasteiger partial charge in [-0.25, -0.2) is 0 Å². The molecule has 2 heterocycles. The van der Waals surface area contributed by atoms with Crippen molar-refractivity contribution in [2.75, 3.05) is 13.6 Å². The van der Waals surface area contributed by atoms with Crippen molar-refractivity contribution in [3.05, 3.63) is 36.5 Å². The van der Waals surface area contributed by atoms with Crippen LogP contribution in [0.3, 0.4) is 0 Å². The minimum absolute atomic E-state index is 0.0856. The lowest BCUT2D eigenvalue weighted by molar-refractivity contribution is -0.333. The molecule has 2 bridgehead atoms. The van der Waals surface area contributed by atoms with Crippen molar-refractivity contribution in [2.24, 2.45) is 58.1 Å². The molecule has 22 unspecified atom stereocenters. The van der Waals surface area contributed by atoms with Crippen molar-refractivity contribution >= 4 is 23.9 Å². The lowest BCUT2D eigenvalue weighted by atomic mass is 9.83. The minimum atomic E-state index is -2.53. The highest BCUT2D eigenvalue weighted by atomic mass is 16.7. The van der Waals surface area contributed by atoms with E-state index in [0.717, 1.165) is 45.1 Å². The van der Waals surface area contributed by atoms with Crippen LogP contribution in [0.5, 0.6) is 0 Å². The van der Waals surface area contributed by atoms with Gasteiger partial charge in [-0.15, -0.1) is 0 Å². The number of nitrogens with two attached hydrogens (primary N) is 1. The molecule has 2 aliphatic rings. The molecule has 22 atom stereocenters. The maximum atomic E-state index is 13.9. The summed E-state index contributed by atoms with van der Waals surface area (Å²) in [5, 5.41) is 135. The average molecular weight is 1140 g/mol. The molecule has 21 heteroatoms. The molecule has 0 radical (unpaired) electrons. The van der Waals surface area contributed by atoms with E-state index in [4.69, 9.17) is 19.9 Å². The number of carbonyl (C=O) groups excluding carboxylic acids is 2. The minimum Gasteiger partial charge on any atom is -0.481 e. The van der Waals surface area contributed by atoms with E-state index in [0.29, 0.717) is 18.3 Å². The van der Waals surface area contributed by atoms with Gasteiger partial charge in [-0.05, 0) is 101 Å². The monoisotopic (exact) mass is 1140 g/mol. The number of aliphatic carboxylic acids is 1. The third-order valence-electron chi connectivity index (χ3n) is 16.6. The fourth-order valence-electron chi connectivity index (χ4n) is 10.7. The summed E-state index contributed by atoms with van der Waals surface area (Å²) in [5.41, 5.74) is 5.69.